The smallest absolute Gasteiger partial charge is 0.177 e. The molecule has 3 atom stereocenters. The number of benzene rings is 1. The first-order chi connectivity index (χ1) is 8.14. The molecular formula is C14H18O3. The van der Waals surface area contributed by atoms with Crippen LogP contribution in [0.25, 0.3) is 0 Å². The lowest BCUT2D eigenvalue weighted by molar-refractivity contribution is -0.179. The fourth-order valence-corrected chi connectivity index (χ4v) is 2.00. The average Bonchev–Trinajstić information content (AvgIpc) is 2.34. The topological polar surface area (TPSA) is 38.7 Å². The van der Waals surface area contributed by atoms with E-state index in [1.807, 2.05) is 37.3 Å². The molecule has 2 rings (SSSR count). The van der Waals surface area contributed by atoms with Crippen LogP contribution in [-0.4, -0.2) is 30.2 Å². The van der Waals surface area contributed by atoms with Crippen LogP contribution in [0.15, 0.2) is 42.5 Å². The Hall–Kier alpha value is -1.16. The number of ether oxygens (including phenoxy) is 2. The van der Waals surface area contributed by atoms with Gasteiger partial charge in [0.1, 0.15) is 5.60 Å². The molecule has 1 aliphatic heterocycles. The molecule has 3 heteroatoms. The summed E-state index contributed by atoms with van der Waals surface area (Å²) in [6.45, 7) is 1.86. The molecule has 0 unspecified atom stereocenters. The quantitative estimate of drug-likeness (QED) is 0.812. The predicted molar refractivity (Wildman–Crippen MR) is 65.6 cm³/mol. The Morgan fingerprint density at radius 1 is 1.35 bits per heavy atom. The van der Waals surface area contributed by atoms with Gasteiger partial charge in [0.2, 0.25) is 0 Å². The Bertz CT molecular complexity index is 388. The van der Waals surface area contributed by atoms with Crippen LogP contribution in [0.1, 0.15) is 12.5 Å². The van der Waals surface area contributed by atoms with E-state index in [1.54, 1.807) is 19.3 Å². The van der Waals surface area contributed by atoms with Crippen molar-refractivity contribution < 1.29 is 14.6 Å². The van der Waals surface area contributed by atoms with Gasteiger partial charge in [0.15, 0.2) is 6.29 Å². The van der Waals surface area contributed by atoms with Crippen LogP contribution >= 0.6 is 0 Å². The van der Waals surface area contributed by atoms with Gasteiger partial charge in [0.05, 0.1) is 6.10 Å². The zero-order chi connectivity index (χ0) is 12.3. The second kappa shape index (κ2) is 5.00. The van der Waals surface area contributed by atoms with Gasteiger partial charge in [-0.1, -0.05) is 30.3 Å². The van der Waals surface area contributed by atoms with Gasteiger partial charge in [-0.05, 0) is 24.6 Å². The van der Waals surface area contributed by atoms with E-state index in [9.17, 15) is 5.11 Å². The molecule has 0 saturated heterocycles. The zero-order valence-corrected chi connectivity index (χ0v) is 10.2. The minimum atomic E-state index is -0.962. The summed E-state index contributed by atoms with van der Waals surface area (Å²) in [5, 5.41) is 10.5. The van der Waals surface area contributed by atoms with Crippen molar-refractivity contribution in [2.24, 2.45) is 0 Å². The molecule has 0 aromatic heterocycles. The molecule has 0 saturated carbocycles. The first-order valence-corrected chi connectivity index (χ1v) is 5.78. The molecule has 0 bridgehead atoms. The fraction of sp³-hybridized carbons (Fsp3) is 0.429. The van der Waals surface area contributed by atoms with Gasteiger partial charge in [-0.25, -0.2) is 0 Å². The van der Waals surface area contributed by atoms with Crippen LogP contribution in [0, 0.1) is 0 Å². The Kier molecular flexibility index (Phi) is 3.62. The van der Waals surface area contributed by atoms with Crippen LogP contribution in [0.5, 0.6) is 0 Å². The summed E-state index contributed by atoms with van der Waals surface area (Å²) in [6.07, 6.45) is 3.42. The normalized spacial score (nSPS) is 32.6. The largest absolute Gasteiger partial charge is 0.383 e. The van der Waals surface area contributed by atoms with Crippen molar-refractivity contribution in [2.75, 3.05) is 7.11 Å². The minimum absolute atomic E-state index is 0.294. The number of aliphatic hydroxyl groups is 1. The molecule has 0 spiro atoms. The number of rotatable bonds is 3. The van der Waals surface area contributed by atoms with E-state index in [0.29, 0.717) is 6.42 Å². The number of methoxy groups -OCH3 is 1. The molecule has 0 fully saturated rings. The summed E-state index contributed by atoms with van der Waals surface area (Å²) in [5.74, 6) is 0. The molecule has 17 heavy (non-hydrogen) atoms. The van der Waals surface area contributed by atoms with Gasteiger partial charge in [0.25, 0.3) is 0 Å². The van der Waals surface area contributed by atoms with E-state index in [1.165, 1.54) is 0 Å². The lowest BCUT2D eigenvalue weighted by Gasteiger charge is -2.36. The summed E-state index contributed by atoms with van der Waals surface area (Å²) in [5.41, 5.74) is 0.127. The Labute approximate surface area is 102 Å². The molecule has 0 radical (unpaired) electrons. The Balaban J connectivity index is 2.14. The van der Waals surface area contributed by atoms with E-state index in [0.717, 1.165) is 5.56 Å². The molecule has 0 aliphatic carbocycles. The first kappa shape index (κ1) is 12.3. The summed E-state index contributed by atoms with van der Waals surface area (Å²) in [7, 11) is 1.59. The lowest BCUT2D eigenvalue weighted by atomic mass is 9.88. The maximum atomic E-state index is 10.5. The average molecular weight is 234 g/mol. The van der Waals surface area contributed by atoms with E-state index in [2.05, 4.69) is 0 Å². The first-order valence-electron chi connectivity index (χ1n) is 5.78. The van der Waals surface area contributed by atoms with E-state index >= 15 is 0 Å². The van der Waals surface area contributed by atoms with Crippen molar-refractivity contribution in [1.29, 1.82) is 0 Å². The highest BCUT2D eigenvalue weighted by atomic mass is 16.7. The van der Waals surface area contributed by atoms with Crippen molar-refractivity contribution in [1.82, 2.24) is 0 Å². The zero-order valence-electron chi connectivity index (χ0n) is 10.2. The SMILES string of the molecule is CO[C@H]1C=C[C@](O)(Cc2ccccc2)[C@H](C)O1. The monoisotopic (exact) mass is 234 g/mol. The number of hydrogen-bond acceptors (Lipinski definition) is 3. The third-order valence-electron chi connectivity index (χ3n) is 3.15. The van der Waals surface area contributed by atoms with Gasteiger partial charge < -0.3 is 14.6 Å². The van der Waals surface area contributed by atoms with Crippen LogP contribution in [0.3, 0.4) is 0 Å². The molecule has 0 amide bonds. The van der Waals surface area contributed by atoms with Crippen LogP contribution in [0.4, 0.5) is 0 Å². The second-order valence-electron chi connectivity index (χ2n) is 4.40. The lowest BCUT2D eigenvalue weighted by Crippen LogP contribution is -2.47. The second-order valence-corrected chi connectivity index (χ2v) is 4.40. The van der Waals surface area contributed by atoms with Crippen LogP contribution in [0.2, 0.25) is 0 Å². The summed E-state index contributed by atoms with van der Waals surface area (Å²) in [4.78, 5) is 0. The highest BCUT2D eigenvalue weighted by molar-refractivity contribution is 5.22. The third-order valence-corrected chi connectivity index (χ3v) is 3.15. The van der Waals surface area contributed by atoms with Crippen molar-refractivity contribution >= 4 is 0 Å². The van der Waals surface area contributed by atoms with Crippen molar-refractivity contribution in [2.45, 2.75) is 31.3 Å². The number of hydrogen-bond donors (Lipinski definition) is 1. The van der Waals surface area contributed by atoms with Gasteiger partial charge in [0, 0.05) is 13.5 Å². The van der Waals surface area contributed by atoms with Crippen LogP contribution in [-0.2, 0) is 15.9 Å². The maximum absolute atomic E-state index is 10.5. The van der Waals surface area contributed by atoms with Gasteiger partial charge in [-0.15, -0.1) is 0 Å². The molecule has 1 N–H and O–H groups in total. The fourth-order valence-electron chi connectivity index (χ4n) is 2.00. The maximum Gasteiger partial charge on any atom is 0.177 e. The van der Waals surface area contributed by atoms with Gasteiger partial charge >= 0.3 is 0 Å². The van der Waals surface area contributed by atoms with E-state index in [4.69, 9.17) is 9.47 Å². The highest BCUT2D eigenvalue weighted by Crippen LogP contribution is 2.27. The molecule has 1 heterocycles. The third kappa shape index (κ3) is 2.75. The highest BCUT2D eigenvalue weighted by Gasteiger charge is 2.36. The van der Waals surface area contributed by atoms with Crippen LogP contribution < -0.4 is 0 Å². The molecule has 1 aromatic carbocycles. The van der Waals surface area contributed by atoms with Gasteiger partial charge in [-0.3, -0.25) is 0 Å². The standard InChI is InChI=1S/C14H18O3/c1-11-14(15,9-8-13(16-2)17-11)10-12-6-4-3-5-7-12/h3-9,11,13,15H,10H2,1-2H3/t11-,13+,14-/m0/s1. The van der Waals surface area contributed by atoms with E-state index < -0.39 is 5.60 Å². The van der Waals surface area contributed by atoms with Gasteiger partial charge in [-0.2, -0.15) is 0 Å². The molecule has 3 nitrogen and oxygen atoms in total. The minimum Gasteiger partial charge on any atom is -0.383 e. The summed E-state index contributed by atoms with van der Waals surface area (Å²) >= 11 is 0. The predicted octanol–water partition coefficient (Wildman–Crippen LogP) is 1.91. The van der Waals surface area contributed by atoms with E-state index in [-0.39, 0.29) is 12.4 Å². The molecule has 92 valence electrons. The van der Waals surface area contributed by atoms with Crippen molar-refractivity contribution in [3.63, 3.8) is 0 Å². The Morgan fingerprint density at radius 3 is 2.65 bits per heavy atom. The molecule has 1 aliphatic rings. The summed E-state index contributed by atoms with van der Waals surface area (Å²) < 4.78 is 10.6. The van der Waals surface area contributed by atoms with Crippen molar-refractivity contribution in [3.8, 4) is 0 Å². The summed E-state index contributed by atoms with van der Waals surface area (Å²) in [6, 6.07) is 9.90. The molecular weight excluding hydrogens is 216 g/mol. The van der Waals surface area contributed by atoms with Crippen molar-refractivity contribution in [3.05, 3.63) is 48.0 Å². The molecule has 1 aromatic rings. The Morgan fingerprint density at radius 2 is 2.06 bits per heavy atom.